The van der Waals surface area contributed by atoms with Crippen LogP contribution < -0.4 is 5.32 Å². The number of hydrogen-bond donors (Lipinski definition) is 1. The van der Waals surface area contributed by atoms with Crippen molar-refractivity contribution in [3.8, 4) is 6.07 Å². The van der Waals surface area contributed by atoms with Gasteiger partial charge < -0.3 is 5.32 Å². The summed E-state index contributed by atoms with van der Waals surface area (Å²) in [6.45, 7) is 1.99. The Labute approximate surface area is 108 Å². The molecule has 1 saturated carbocycles. The van der Waals surface area contributed by atoms with Crippen molar-refractivity contribution in [2.24, 2.45) is 5.41 Å². The van der Waals surface area contributed by atoms with Gasteiger partial charge in [0.1, 0.15) is 6.04 Å². The van der Waals surface area contributed by atoms with Crippen LogP contribution in [0, 0.1) is 16.7 Å². The number of hydrogen-bond acceptors (Lipinski definition) is 2. The van der Waals surface area contributed by atoms with Crippen molar-refractivity contribution in [3.05, 3.63) is 35.9 Å². The lowest BCUT2D eigenvalue weighted by molar-refractivity contribution is -0.130. The van der Waals surface area contributed by atoms with Crippen molar-refractivity contribution in [1.29, 1.82) is 5.26 Å². The zero-order chi connectivity index (χ0) is 13.0. The van der Waals surface area contributed by atoms with Gasteiger partial charge >= 0.3 is 0 Å². The van der Waals surface area contributed by atoms with E-state index in [-0.39, 0.29) is 11.3 Å². The highest BCUT2D eigenvalue weighted by atomic mass is 16.2. The summed E-state index contributed by atoms with van der Waals surface area (Å²) >= 11 is 0. The van der Waals surface area contributed by atoms with Gasteiger partial charge in [0.05, 0.1) is 6.07 Å². The van der Waals surface area contributed by atoms with E-state index in [1.807, 2.05) is 37.3 Å². The monoisotopic (exact) mass is 242 g/mol. The van der Waals surface area contributed by atoms with Crippen LogP contribution in [0.1, 0.15) is 44.2 Å². The second-order valence-electron chi connectivity index (χ2n) is 5.21. The van der Waals surface area contributed by atoms with E-state index in [0.29, 0.717) is 0 Å². The number of benzene rings is 1. The molecule has 0 spiro atoms. The third-order valence-corrected chi connectivity index (χ3v) is 3.79. The maximum atomic E-state index is 12.2. The molecule has 0 aromatic heterocycles. The molecular weight excluding hydrogens is 224 g/mol. The molecule has 0 saturated heterocycles. The second kappa shape index (κ2) is 5.22. The van der Waals surface area contributed by atoms with Crippen LogP contribution in [-0.2, 0) is 4.79 Å². The van der Waals surface area contributed by atoms with Gasteiger partial charge in [0.2, 0.25) is 5.91 Å². The number of nitrogens with zero attached hydrogens (tertiary/aromatic N) is 1. The molecule has 1 fully saturated rings. The Hall–Kier alpha value is -1.82. The van der Waals surface area contributed by atoms with Gasteiger partial charge in [0, 0.05) is 5.41 Å². The molecule has 0 aliphatic heterocycles. The molecule has 1 atom stereocenters. The first-order valence-corrected chi connectivity index (χ1v) is 6.41. The van der Waals surface area contributed by atoms with Gasteiger partial charge in [0.25, 0.3) is 0 Å². The van der Waals surface area contributed by atoms with Crippen molar-refractivity contribution in [1.82, 2.24) is 5.32 Å². The van der Waals surface area contributed by atoms with Gasteiger partial charge in [-0.15, -0.1) is 0 Å². The molecule has 0 bridgehead atoms. The lowest BCUT2D eigenvalue weighted by Gasteiger charge is -2.24. The van der Waals surface area contributed by atoms with E-state index in [9.17, 15) is 10.1 Å². The Balaban J connectivity index is 2.08. The largest absolute Gasteiger partial charge is 0.336 e. The quantitative estimate of drug-likeness (QED) is 0.886. The van der Waals surface area contributed by atoms with E-state index in [0.717, 1.165) is 31.2 Å². The van der Waals surface area contributed by atoms with Gasteiger partial charge in [-0.25, -0.2) is 0 Å². The zero-order valence-electron chi connectivity index (χ0n) is 10.6. The summed E-state index contributed by atoms with van der Waals surface area (Å²) in [7, 11) is 0. The fourth-order valence-electron chi connectivity index (χ4n) is 2.52. The molecule has 1 aliphatic rings. The Morgan fingerprint density at radius 2 is 1.94 bits per heavy atom. The molecular formula is C15H18N2O. The zero-order valence-corrected chi connectivity index (χ0v) is 10.6. The number of rotatable bonds is 3. The average Bonchev–Trinajstić information content (AvgIpc) is 2.85. The normalized spacial score (nSPS) is 18.9. The minimum Gasteiger partial charge on any atom is -0.336 e. The van der Waals surface area contributed by atoms with Crippen LogP contribution >= 0.6 is 0 Å². The molecule has 0 radical (unpaired) electrons. The minimum atomic E-state index is -0.545. The second-order valence-corrected chi connectivity index (χ2v) is 5.21. The minimum absolute atomic E-state index is 0.00963. The Morgan fingerprint density at radius 3 is 2.50 bits per heavy atom. The van der Waals surface area contributed by atoms with Gasteiger partial charge in [-0.2, -0.15) is 5.26 Å². The predicted molar refractivity (Wildman–Crippen MR) is 69.5 cm³/mol. The van der Waals surface area contributed by atoms with E-state index in [1.54, 1.807) is 0 Å². The van der Waals surface area contributed by atoms with Crippen LogP contribution in [-0.4, -0.2) is 5.91 Å². The van der Waals surface area contributed by atoms with E-state index >= 15 is 0 Å². The molecule has 3 heteroatoms. The molecule has 1 aliphatic carbocycles. The summed E-state index contributed by atoms with van der Waals surface area (Å²) in [5.74, 6) is 0.00963. The molecule has 0 heterocycles. The summed E-state index contributed by atoms with van der Waals surface area (Å²) in [5, 5.41) is 12.1. The van der Waals surface area contributed by atoms with Crippen molar-refractivity contribution in [3.63, 3.8) is 0 Å². The van der Waals surface area contributed by atoms with Crippen LogP contribution in [0.2, 0.25) is 0 Å². The fourth-order valence-corrected chi connectivity index (χ4v) is 2.52. The van der Waals surface area contributed by atoms with Crippen LogP contribution in [0.15, 0.2) is 30.3 Å². The topological polar surface area (TPSA) is 52.9 Å². The van der Waals surface area contributed by atoms with E-state index < -0.39 is 6.04 Å². The Bertz CT molecular complexity index is 455. The summed E-state index contributed by atoms with van der Waals surface area (Å²) in [6, 6.07) is 11.0. The van der Waals surface area contributed by atoms with Gasteiger partial charge in [0.15, 0.2) is 0 Å². The maximum Gasteiger partial charge on any atom is 0.227 e. The summed E-state index contributed by atoms with van der Waals surface area (Å²) in [6.07, 6.45) is 4.05. The number of amides is 1. The molecule has 1 aromatic rings. The molecule has 2 rings (SSSR count). The van der Waals surface area contributed by atoms with Crippen molar-refractivity contribution < 1.29 is 4.79 Å². The first kappa shape index (κ1) is 12.6. The number of nitrogens with one attached hydrogen (secondary N) is 1. The van der Waals surface area contributed by atoms with Gasteiger partial charge in [-0.1, -0.05) is 50.1 Å². The van der Waals surface area contributed by atoms with Gasteiger partial charge in [-0.05, 0) is 18.4 Å². The fraction of sp³-hybridized carbons (Fsp3) is 0.467. The highest BCUT2D eigenvalue weighted by Gasteiger charge is 2.37. The first-order chi connectivity index (χ1) is 8.65. The van der Waals surface area contributed by atoms with Crippen LogP contribution in [0.25, 0.3) is 0 Å². The lowest BCUT2D eigenvalue weighted by Crippen LogP contribution is -2.38. The predicted octanol–water partition coefficient (Wildman–Crippen LogP) is 2.95. The van der Waals surface area contributed by atoms with Crippen LogP contribution in [0.3, 0.4) is 0 Å². The molecule has 94 valence electrons. The Morgan fingerprint density at radius 1 is 1.33 bits per heavy atom. The lowest BCUT2D eigenvalue weighted by atomic mass is 9.87. The molecule has 1 aromatic carbocycles. The SMILES string of the molecule is CC1(C(=O)NC(C#N)c2ccccc2)CCCC1. The summed E-state index contributed by atoms with van der Waals surface area (Å²) in [5.41, 5.74) is 0.555. The average molecular weight is 242 g/mol. The third kappa shape index (κ3) is 2.53. The molecule has 3 nitrogen and oxygen atoms in total. The van der Waals surface area contributed by atoms with Gasteiger partial charge in [-0.3, -0.25) is 4.79 Å². The Kier molecular flexibility index (Phi) is 3.66. The molecule has 1 N–H and O–H groups in total. The van der Waals surface area contributed by atoms with E-state index in [4.69, 9.17) is 0 Å². The third-order valence-electron chi connectivity index (χ3n) is 3.79. The molecule has 1 amide bonds. The number of carbonyl (C=O) groups is 1. The highest BCUT2D eigenvalue weighted by Crippen LogP contribution is 2.38. The smallest absolute Gasteiger partial charge is 0.227 e. The van der Waals surface area contributed by atoms with Crippen molar-refractivity contribution in [2.75, 3.05) is 0 Å². The number of carbonyl (C=O) groups excluding carboxylic acids is 1. The highest BCUT2D eigenvalue weighted by molar-refractivity contribution is 5.83. The van der Waals surface area contributed by atoms with Crippen LogP contribution in [0.4, 0.5) is 0 Å². The van der Waals surface area contributed by atoms with Crippen molar-refractivity contribution >= 4 is 5.91 Å². The van der Waals surface area contributed by atoms with E-state index in [1.165, 1.54) is 0 Å². The number of nitriles is 1. The molecule has 1 unspecified atom stereocenters. The molecule has 18 heavy (non-hydrogen) atoms. The van der Waals surface area contributed by atoms with E-state index in [2.05, 4.69) is 11.4 Å². The van der Waals surface area contributed by atoms with Crippen LogP contribution in [0.5, 0.6) is 0 Å². The summed E-state index contributed by atoms with van der Waals surface area (Å²) in [4.78, 5) is 12.2. The first-order valence-electron chi connectivity index (χ1n) is 6.41. The standard InChI is InChI=1S/C15H18N2O/c1-15(9-5-6-10-15)14(18)17-13(11-16)12-7-3-2-4-8-12/h2-4,7-8,13H,5-6,9-10H2,1H3,(H,17,18). The van der Waals surface area contributed by atoms with Crippen molar-refractivity contribution in [2.45, 2.75) is 38.6 Å². The maximum absolute atomic E-state index is 12.2. The summed E-state index contributed by atoms with van der Waals surface area (Å²) < 4.78 is 0.